The minimum absolute atomic E-state index is 0. The van der Waals surface area contributed by atoms with Gasteiger partial charge in [-0.25, -0.2) is 0 Å². The summed E-state index contributed by atoms with van der Waals surface area (Å²) >= 11 is 0. The van der Waals surface area contributed by atoms with E-state index in [0.29, 0.717) is 17.3 Å². The van der Waals surface area contributed by atoms with Crippen molar-refractivity contribution < 1.29 is 11.3 Å². The quantitative estimate of drug-likeness (QED) is 0.798. The molecule has 0 spiro atoms. The summed E-state index contributed by atoms with van der Waals surface area (Å²) in [6.07, 6.45) is 0.881. The van der Waals surface area contributed by atoms with Gasteiger partial charge in [0, 0.05) is 13.9 Å². The van der Waals surface area contributed by atoms with Gasteiger partial charge < -0.3 is 10.0 Å². The van der Waals surface area contributed by atoms with E-state index < -0.39 is 0 Å². The average molecular weight is 227 g/mol. The Bertz CT molecular complexity index is 306. The zero-order chi connectivity index (χ0) is 12.1. The summed E-state index contributed by atoms with van der Waals surface area (Å²) in [5.74, 6) is 1.45. The van der Waals surface area contributed by atoms with Crippen LogP contribution < -0.4 is 0 Å². The lowest BCUT2D eigenvalue weighted by Crippen LogP contribution is -2.45. The summed E-state index contributed by atoms with van der Waals surface area (Å²) < 4.78 is 0. The summed E-state index contributed by atoms with van der Waals surface area (Å²) in [4.78, 5) is 14.1. The molecule has 1 amide bonds. The van der Waals surface area contributed by atoms with E-state index in [4.69, 9.17) is 0 Å². The second kappa shape index (κ2) is 3.73. The number of likely N-dealkylation sites (tertiary alicyclic amines) is 1. The number of aliphatic hydroxyl groups is 1. The SMILES string of the molecule is CC[C@H](C)C(=O)N1CC2C([C@H]1CO)C2(C)C.[HH]. The van der Waals surface area contributed by atoms with Crippen LogP contribution in [0.5, 0.6) is 0 Å². The maximum atomic E-state index is 12.1. The summed E-state index contributed by atoms with van der Waals surface area (Å²) in [5, 5.41) is 9.48. The van der Waals surface area contributed by atoms with Crippen LogP contribution in [-0.2, 0) is 4.79 Å². The highest BCUT2D eigenvalue weighted by molar-refractivity contribution is 5.79. The lowest BCUT2D eigenvalue weighted by Gasteiger charge is -2.31. The first-order valence-electron chi connectivity index (χ1n) is 6.36. The number of aliphatic hydroxyl groups excluding tert-OH is 1. The van der Waals surface area contributed by atoms with Crippen molar-refractivity contribution in [2.75, 3.05) is 13.2 Å². The van der Waals surface area contributed by atoms with E-state index in [-0.39, 0.29) is 25.9 Å². The van der Waals surface area contributed by atoms with Crippen LogP contribution in [0.2, 0.25) is 0 Å². The predicted molar refractivity (Wildman–Crippen MR) is 64.9 cm³/mol. The second-order valence-electron chi connectivity index (χ2n) is 6.00. The molecule has 94 valence electrons. The Morgan fingerprint density at radius 1 is 1.62 bits per heavy atom. The van der Waals surface area contributed by atoms with Crippen LogP contribution in [0, 0.1) is 23.2 Å². The minimum atomic E-state index is 0. The number of hydrogen-bond acceptors (Lipinski definition) is 2. The maximum Gasteiger partial charge on any atom is 0.225 e. The number of piperidine rings is 1. The normalized spacial score (nSPS) is 37.1. The van der Waals surface area contributed by atoms with Crippen LogP contribution in [0.1, 0.15) is 35.5 Å². The van der Waals surface area contributed by atoms with Crippen molar-refractivity contribution in [1.82, 2.24) is 4.90 Å². The van der Waals surface area contributed by atoms with Crippen LogP contribution in [0.4, 0.5) is 0 Å². The number of amides is 1. The largest absolute Gasteiger partial charge is 0.394 e. The second-order valence-corrected chi connectivity index (χ2v) is 6.00. The average Bonchev–Trinajstić information content (AvgIpc) is 2.67. The Hall–Kier alpha value is -0.570. The Kier molecular flexibility index (Phi) is 2.77. The topological polar surface area (TPSA) is 40.5 Å². The van der Waals surface area contributed by atoms with Gasteiger partial charge in [-0.3, -0.25) is 4.79 Å². The fourth-order valence-electron chi connectivity index (χ4n) is 3.36. The van der Waals surface area contributed by atoms with E-state index in [2.05, 4.69) is 13.8 Å². The van der Waals surface area contributed by atoms with Crippen molar-refractivity contribution in [3.8, 4) is 0 Å². The molecular weight excluding hydrogens is 202 g/mol. The van der Waals surface area contributed by atoms with E-state index in [0.717, 1.165) is 13.0 Å². The van der Waals surface area contributed by atoms with E-state index in [1.807, 2.05) is 18.7 Å². The van der Waals surface area contributed by atoms with Crippen molar-refractivity contribution in [3.05, 3.63) is 0 Å². The maximum absolute atomic E-state index is 12.1. The molecule has 2 unspecified atom stereocenters. The summed E-state index contributed by atoms with van der Waals surface area (Å²) in [7, 11) is 0. The van der Waals surface area contributed by atoms with Crippen LogP contribution in [0.3, 0.4) is 0 Å². The Balaban J connectivity index is 0.00000144. The molecule has 1 heterocycles. The molecule has 0 bridgehead atoms. The number of fused-ring (bicyclic) bond motifs is 1. The molecule has 4 atom stereocenters. The number of carbonyl (C=O) groups excluding carboxylic acids is 1. The van der Waals surface area contributed by atoms with Gasteiger partial charge in [0.25, 0.3) is 0 Å². The van der Waals surface area contributed by atoms with Gasteiger partial charge in [-0.2, -0.15) is 0 Å². The first kappa shape index (κ1) is 11.9. The molecule has 1 saturated carbocycles. The van der Waals surface area contributed by atoms with Gasteiger partial charge in [-0.15, -0.1) is 0 Å². The molecule has 16 heavy (non-hydrogen) atoms. The molecule has 3 heteroatoms. The predicted octanol–water partition coefficient (Wildman–Crippen LogP) is 1.75. The first-order chi connectivity index (χ1) is 7.45. The Morgan fingerprint density at radius 3 is 2.75 bits per heavy atom. The Labute approximate surface area is 99.3 Å². The highest BCUT2D eigenvalue weighted by Crippen LogP contribution is 2.64. The number of hydrogen-bond donors (Lipinski definition) is 1. The highest BCUT2D eigenvalue weighted by Gasteiger charge is 2.67. The minimum Gasteiger partial charge on any atom is -0.394 e. The summed E-state index contributed by atoms with van der Waals surface area (Å²) in [6, 6.07) is 0.0708. The highest BCUT2D eigenvalue weighted by atomic mass is 16.3. The first-order valence-corrected chi connectivity index (χ1v) is 6.36. The van der Waals surface area contributed by atoms with Crippen molar-refractivity contribution in [2.24, 2.45) is 23.2 Å². The van der Waals surface area contributed by atoms with Crippen molar-refractivity contribution in [1.29, 1.82) is 0 Å². The smallest absolute Gasteiger partial charge is 0.225 e. The zero-order valence-electron chi connectivity index (χ0n) is 10.7. The molecule has 0 aromatic rings. The fraction of sp³-hybridized carbons (Fsp3) is 0.923. The molecule has 0 aromatic carbocycles. The third-order valence-corrected chi connectivity index (χ3v) is 4.85. The molecule has 1 saturated heterocycles. The monoisotopic (exact) mass is 227 g/mol. The van der Waals surface area contributed by atoms with Gasteiger partial charge in [-0.05, 0) is 23.7 Å². The van der Waals surface area contributed by atoms with E-state index in [9.17, 15) is 9.90 Å². The van der Waals surface area contributed by atoms with Gasteiger partial charge in [0.1, 0.15) is 0 Å². The van der Waals surface area contributed by atoms with Gasteiger partial charge in [-0.1, -0.05) is 27.7 Å². The van der Waals surface area contributed by atoms with Crippen molar-refractivity contribution in [2.45, 2.75) is 40.2 Å². The molecule has 0 radical (unpaired) electrons. The molecule has 1 N–H and O–H groups in total. The molecule has 1 aliphatic heterocycles. The van der Waals surface area contributed by atoms with Gasteiger partial charge in [0.15, 0.2) is 0 Å². The molecule has 0 aromatic heterocycles. The standard InChI is InChI=1S/C13H23NO2.H2/c1-5-8(2)12(16)14-6-9-11(10(14)7-15)13(9,3)4;/h8-11,15H,5-7H2,1-4H3;1H/t8-,9?,10+,11?;/m0./s1. The summed E-state index contributed by atoms with van der Waals surface area (Å²) in [6.45, 7) is 9.48. The number of carbonyl (C=O) groups is 1. The van der Waals surface area contributed by atoms with Gasteiger partial charge >= 0.3 is 0 Å². The molecule has 2 aliphatic rings. The van der Waals surface area contributed by atoms with Crippen LogP contribution in [0.15, 0.2) is 0 Å². The van der Waals surface area contributed by atoms with Crippen LogP contribution >= 0.6 is 0 Å². The van der Waals surface area contributed by atoms with E-state index in [1.54, 1.807) is 0 Å². The Morgan fingerprint density at radius 2 is 2.25 bits per heavy atom. The lowest BCUT2D eigenvalue weighted by molar-refractivity contribution is -0.138. The van der Waals surface area contributed by atoms with E-state index >= 15 is 0 Å². The molecule has 2 rings (SSSR count). The van der Waals surface area contributed by atoms with Crippen molar-refractivity contribution in [3.63, 3.8) is 0 Å². The third kappa shape index (κ3) is 1.48. The number of rotatable bonds is 3. The van der Waals surface area contributed by atoms with Gasteiger partial charge in [0.2, 0.25) is 5.91 Å². The molecule has 3 nitrogen and oxygen atoms in total. The molecular formula is C13H25NO2. The third-order valence-electron chi connectivity index (χ3n) is 4.85. The van der Waals surface area contributed by atoms with Gasteiger partial charge in [0.05, 0.1) is 12.6 Å². The summed E-state index contributed by atoms with van der Waals surface area (Å²) in [5.41, 5.74) is 0.333. The van der Waals surface area contributed by atoms with Crippen molar-refractivity contribution >= 4 is 5.91 Å². The van der Waals surface area contributed by atoms with Crippen LogP contribution in [-0.4, -0.2) is 35.1 Å². The molecule has 2 fully saturated rings. The van der Waals surface area contributed by atoms with E-state index in [1.165, 1.54) is 0 Å². The zero-order valence-corrected chi connectivity index (χ0v) is 10.7. The lowest BCUT2D eigenvalue weighted by atomic mass is 9.99. The fourth-order valence-corrected chi connectivity index (χ4v) is 3.36. The number of nitrogens with zero attached hydrogens (tertiary/aromatic N) is 1. The molecule has 1 aliphatic carbocycles. The van der Waals surface area contributed by atoms with Crippen LogP contribution in [0.25, 0.3) is 0 Å².